The minimum Gasteiger partial charge on any atom is -0.482 e. The molecule has 0 unspecified atom stereocenters. The van der Waals surface area contributed by atoms with Crippen molar-refractivity contribution < 1.29 is 9.84 Å². The summed E-state index contributed by atoms with van der Waals surface area (Å²) >= 11 is 0. The van der Waals surface area contributed by atoms with Crippen molar-refractivity contribution in [1.29, 1.82) is 0 Å². The summed E-state index contributed by atoms with van der Waals surface area (Å²) in [5, 5.41) is 13.8. The first-order valence-electron chi connectivity index (χ1n) is 8.67. The lowest BCUT2D eigenvalue weighted by Crippen LogP contribution is -2.24. The smallest absolute Gasteiger partial charge is 0.222 e. The van der Waals surface area contributed by atoms with Gasteiger partial charge in [-0.25, -0.2) is 9.97 Å². The monoisotopic (exact) mass is 353 g/mol. The van der Waals surface area contributed by atoms with Crippen LogP contribution in [0.1, 0.15) is 25.5 Å². The van der Waals surface area contributed by atoms with E-state index in [1.54, 1.807) is 0 Å². The number of hydrogen-bond donors (Lipinski definition) is 3. The van der Waals surface area contributed by atoms with Crippen molar-refractivity contribution in [2.75, 3.05) is 17.7 Å². The Morgan fingerprint density at radius 3 is 2.85 bits per heavy atom. The molecule has 136 valence electrons. The third-order valence-electron chi connectivity index (χ3n) is 4.00. The minimum absolute atomic E-state index is 0.00339. The summed E-state index contributed by atoms with van der Waals surface area (Å²) in [7, 11) is 0. The van der Waals surface area contributed by atoms with Gasteiger partial charge >= 0.3 is 0 Å². The molecule has 7 nitrogen and oxygen atoms in total. The molecule has 0 bridgehead atoms. The summed E-state index contributed by atoms with van der Waals surface area (Å²) < 4.78 is 5.86. The molecule has 2 heterocycles. The molecule has 3 rings (SSSR count). The van der Waals surface area contributed by atoms with Gasteiger partial charge in [-0.3, -0.25) is 0 Å². The number of nitrogens with one attached hydrogen (secondary N) is 1. The van der Waals surface area contributed by atoms with Crippen LogP contribution in [-0.4, -0.2) is 32.7 Å². The zero-order valence-electron chi connectivity index (χ0n) is 14.7. The molecule has 0 saturated heterocycles. The third kappa shape index (κ3) is 4.37. The molecule has 0 spiro atoms. The van der Waals surface area contributed by atoms with Crippen LogP contribution in [0.4, 0.5) is 11.8 Å². The molecule has 0 fully saturated rings. The molecular formula is C19H23N5O2. The Kier molecular flexibility index (Phi) is 5.80. The number of ether oxygens (including phenoxy) is 1. The molecular weight excluding hydrogens is 330 g/mol. The van der Waals surface area contributed by atoms with E-state index in [9.17, 15) is 5.11 Å². The number of aliphatic hydroxyl groups excluding tert-OH is 1. The molecule has 1 aromatic carbocycles. The SMILES string of the molecule is CCC[C@@H](CO)Nc1nc(N)ncc1OCc1ccc2ccccc2n1. The lowest BCUT2D eigenvalue weighted by Gasteiger charge is -2.18. The lowest BCUT2D eigenvalue weighted by molar-refractivity contribution is 0.266. The number of anilines is 2. The van der Waals surface area contributed by atoms with Gasteiger partial charge in [-0.05, 0) is 18.6 Å². The van der Waals surface area contributed by atoms with Crippen LogP contribution in [0.5, 0.6) is 5.75 Å². The van der Waals surface area contributed by atoms with E-state index in [4.69, 9.17) is 10.5 Å². The summed E-state index contributed by atoms with van der Waals surface area (Å²) in [6, 6.07) is 11.8. The predicted octanol–water partition coefficient (Wildman–Crippen LogP) is 2.76. The van der Waals surface area contributed by atoms with Crippen molar-refractivity contribution in [3.05, 3.63) is 48.3 Å². The van der Waals surface area contributed by atoms with E-state index < -0.39 is 0 Å². The number of aromatic nitrogens is 3. The second-order valence-corrected chi connectivity index (χ2v) is 6.04. The van der Waals surface area contributed by atoms with Gasteiger partial charge in [0.25, 0.3) is 0 Å². The number of pyridine rings is 1. The van der Waals surface area contributed by atoms with E-state index in [2.05, 4.69) is 27.2 Å². The number of para-hydroxylation sites is 1. The fraction of sp³-hybridized carbons (Fsp3) is 0.316. The molecule has 0 aliphatic carbocycles. The van der Waals surface area contributed by atoms with Gasteiger partial charge in [-0.2, -0.15) is 4.98 Å². The van der Waals surface area contributed by atoms with Gasteiger partial charge in [0.05, 0.1) is 30.1 Å². The summed E-state index contributed by atoms with van der Waals surface area (Å²) in [4.78, 5) is 12.8. The largest absolute Gasteiger partial charge is 0.482 e. The number of nitrogens with zero attached hydrogens (tertiary/aromatic N) is 3. The van der Waals surface area contributed by atoms with Crippen molar-refractivity contribution in [2.24, 2.45) is 0 Å². The Balaban J connectivity index is 1.75. The summed E-state index contributed by atoms with van der Waals surface area (Å²) in [5.74, 6) is 1.10. The maximum Gasteiger partial charge on any atom is 0.222 e. The second kappa shape index (κ2) is 8.44. The molecule has 0 saturated carbocycles. The van der Waals surface area contributed by atoms with Crippen LogP contribution in [0.25, 0.3) is 10.9 Å². The molecule has 0 radical (unpaired) electrons. The van der Waals surface area contributed by atoms with Crippen molar-refractivity contribution in [2.45, 2.75) is 32.4 Å². The van der Waals surface area contributed by atoms with Gasteiger partial charge in [0.2, 0.25) is 5.95 Å². The first kappa shape index (κ1) is 17.9. The normalized spacial score (nSPS) is 12.1. The predicted molar refractivity (Wildman–Crippen MR) is 102 cm³/mol. The zero-order chi connectivity index (χ0) is 18.4. The third-order valence-corrected chi connectivity index (χ3v) is 4.00. The molecule has 2 aromatic heterocycles. The van der Waals surface area contributed by atoms with Crippen molar-refractivity contribution in [3.63, 3.8) is 0 Å². The lowest BCUT2D eigenvalue weighted by atomic mass is 10.2. The number of fused-ring (bicyclic) bond motifs is 1. The number of hydrogen-bond acceptors (Lipinski definition) is 7. The highest BCUT2D eigenvalue weighted by molar-refractivity contribution is 5.78. The Morgan fingerprint density at radius 2 is 2.04 bits per heavy atom. The highest BCUT2D eigenvalue weighted by atomic mass is 16.5. The molecule has 0 amide bonds. The molecule has 4 N–H and O–H groups in total. The molecule has 0 aliphatic heterocycles. The van der Waals surface area contributed by atoms with Crippen molar-refractivity contribution >= 4 is 22.7 Å². The van der Waals surface area contributed by atoms with E-state index in [0.717, 1.165) is 29.4 Å². The standard InChI is InChI=1S/C19H23N5O2/c1-2-5-14(11-25)23-18-17(10-21-19(20)24-18)26-12-15-9-8-13-6-3-4-7-16(13)22-15/h3-4,6-10,14,25H,2,5,11-12H2,1H3,(H3,20,21,23,24)/t14-/m0/s1. The first-order chi connectivity index (χ1) is 12.7. The summed E-state index contributed by atoms with van der Waals surface area (Å²) in [6.07, 6.45) is 3.29. The highest BCUT2D eigenvalue weighted by Crippen LogP contribution is 2.24. The van der Waals surface area contributed by atoms with E-state index in [0.29, 0.717) is 11.6 Å². The van der Waals surface area contributed by atoms with Crippen molar-refractivity contribution in [3.8, 4) is 5.75 Å². The van der Waals surface area contributed by atoms with Crippen LogP contribution in [0.3, 0.4) is 0 Å². The van der Waals surface area contributed by atoms with Crippen molar-refractivity contribution in [1.82, 2.24) is 15.0 Å². The topological polar surface area (TPSA) is 106 Å². The summed E-state index contributed by atoms with van der Waals surface area (Å²) in [5.41, 5.74) is 7.42. The van der Waals surface area contributed by atoms with Gasteiger partial charge in [0.1, 0.15) is 6.61 Å². The Bertz CT molecular complexity index is 871. The quantitative estimate of drug-likeness (QED) is 0.571. The fourth-order valence-electron chi connectivity index (χ4n) is 2.68. The average molecular weight is 353 g/mol. The number of rotatable bonds is 8. The zero-order valence-corrected chi connectivity index (χ0v) is 14.7. The summed E-state index contributed by atoms with van der Waals surface area (Å²) in [6.45, 7) is 2.34. The number of benzene rings is 1. The Hall–Kier alpha value is -2.93. The van der Waals surface area contributed by atoms with Crippen LogP contribution < -0.4 is 15.8 Å². The van der Waals surface area contributed by atoms with E-state index >= 15 is 0 Å². The van der Waals surface area contributed by atoms with Crippen LogP contribution in [-0.2, 0) is 6.61 Å². The van der Waals surface area contributed by atoms with Crippen LogP contribution >= 0.6 is 0 Å². The van der Waals surface area contributed by atoms with Crippen LogP contribution in [0.2, 0.25) is 0 Å². The van der Waals surface area contributed by atoms with E-state index in [-0.39, 0.29) is 25.2 Å². The van der Waals surface area contributed by atoms with E-state index in [1.807, 2.05) is 36.4 Å². The van der Waals surface area contributed by atoms with Gasteiger partial charge < -0.3 is 20.9 Å². The van der Waals surface area contributed by atoms with E-state index in [1.165, 1.54) is 6.20 Å². The number of nitrogen functional groups attached to an aromatic ring is 1. The fourth-order valence-corrected chi connectivity index (χ4v) is 2.68. The Labute approximate surface area is 152 Å². The molecule has 0 aliphatic rings. The van der Waals surface area contributed by atoms with Crippen LogP contribution in [0, 0.1) is 0 Å². The number of nitrogens with two attached hydrogens (primary N) is 1. The number of aliphatic hydroxyl groups is 1. The Morgan fingerprint density at radius 1 is 1.19 bits per heavy atom. The van der Waals surface area contributed by atoms with Gasteiger partial charge in [-0.1, -0.05) is 37.6 Å². The molecule has 26 heavy (non-hydrogen) atoms. The van der Waals surface area contributed by atoms with Gasteiger partial charge in [0.15, 0.2) is 11.6 Å². The first-order valence-corrected chi connectivity index (χ1v) is 8.67. The maximum atomic E-state index is 9.50. The maximum absolute atomic E-state index is 9.50. The highest BCUT2D eigenvalue weighted by Gasteiger charge is 2.13. The minimum atomic E-state index is -0.115. The molecule has 3 aromatic rings. The second-order valence-electron chi connectivity index (χ2n) is 6.04. The average Bonchev–Trinajstić information content (AvgIpc) is 2.67. The van der Waals surface area contributed by atoms with Gasteiger partial charge in [-0.15, -0.1) is 0 Å². The van der Waals surface area contributed by atoms with Crippen LogP contribution in [0.15, 0.2) is 42.6 Å². The van der Waals surface area contributed by atoms with Gasteiger partial charge in [0, 0.05) is 5.39 Å². The molecule has 7 heteroatoms. The molecule has 1 atom stereocenters.